The molecule has 0 spiro atoms. The molecule has 0 saturated heterocycles. The molecule has 0 bridgehead atoms. The van der Waals surface area contributed by atoms with Gasteiger partial charge in [0.25, 0.3) is 5.56 Å². The first kappa shape index (κ1) is 14.6. The van der Waals surface area contributed by atoms with Crippen LogP contribution in [0.5, 0.6) is 0 Å². The highest BCUT2D eigenvalue weighted by atomic mass is 35.5. The predicted molar refractivity (Wildman–Crippen MR) is 79.2 cm³/mol. The van der Waals surface area contributed by atoms with Crippen LogP contribution in [0.25, 0.3) is 0 Å². The summed E-state index contributed by atoms with van der Waals surface area (Å²) in [5, 5.41) is 16.3. The maximum atomic E-state index is 12.1. The van der Waals surface area contributed by atoms with Crippen molar-refractivity contribution in [2.75, 3.05) is 11.9 Å². The lowest BCUT2D eigenvalue weighted by atomic mass is 10.2. The van der Waals surface area contributed by atoms with Crippen LogP contribution in [0.1, 0.15) is 12.5 Å². The molecule has 1 atom stereocenters. The number of nitrogens with zero attached hydrogens (tertiary/aromatic N) is 2. The second-order valence-corrected chi connectivity index (χ2v) is 4.93. The Morgan fingerprint density at radius 3 is 2.75 bits per heavy atom. The Balaban J connectivity index is 2.20. The Morgan fingerprint density at radius 1 is 1.40 bits per heavy atom. The van der Waals surface area contributed by atoms with Gasteiger partial charge in [0, 0.05) is 6.54 Å². The highest BCUT2D eigenvalue weighted by molar-refractivity contribution is 6.32. The Bertz CT molecular complexity index is 626. The molecule has 0 aliphatic rings. The molecule has 5 nitrogen and oxygen atoms in total. The van der Waals surface area contributed by atoms with Crippen LogP contribution in [0.3, 0.4) is 0 Å². The summed E-state index contributed by atoms with van der Waals surface area (Å²) in [6, 6.07) is 9.56. The summed E-state index contributed by atoms with van der Waals surface area (Å²) < 4.78 is 1.31. The zero-order valence-corrected chi connectivity index (χ0v) is 11.8. The van der Waals surface area contributed by atoms with Crippen molar-refractivity contribution in [3.8, 4) is 0 Å². The van der Waals surface area contributed by atoms with Gasteiger partial charge < -0.3 is 10.4 Å². The number of hydrogen-bond acceptors (Lipinski definition) is 4. The first-order valence-corrected chi connectivity index (χ1v) is 6.67. The average Bonchev–Trinajstić information content (AvgIpc) is 2.44. The molecule has 106 valence electrons. The summed E-state index contributed by atoms with van der Waals surface area (Å²) in [7, 11) is 0. The van der Waals surface area contributed by atoms with Crippen LogP contribution >= 0.6 is 11.6 Å². The van der Waals surface area contributed by atoms with E-state index in [-0.39, 0.29) is 10.6 Å². The molecule has 2 N–H and O–H groups in total. The smallest absolute Gasteiger partial charge is 0.287 e. The molecular formula is C14H16ClN3O2. The largest absolute Gasteiger partial charge is 0.392 e. The Morgan fingerprint density at radius 2 is 2.10 bits per heavy atom. The van der Waals surface area contributed by atoms with Gasteiger partial charge >= 0.3 is 0 Å². The van der Waals surface area contributed by atoms with E-state index >= 15 is 0 Å². The summed E-state index contributed by atoms with van der Waals surface area (Å²) in [4.78, 5) is 12.1. The number of nitrogens with one attached hydrogen (secondary N) is 1. The van der Waals surface area contributed by atoms with E-state index in [2.05, 4.69) is 10.4 Å². The molecule has 1 heterocycles. The molecule has 2 aromatic rings. The molecule has 20 heavy (non-hydrogen) atoms. The third kappa shape index (κ3) is 3.59. The minimum atomic E-state index is -0.530. The summed E-state index contributed by atoms with van der Waals surface area (Å²) in [5.74, 6) is 0. The van der Waals surface area contributed by atoms with Crippen molar-refractivity contribution < 1.29 is 5.11 Å². The molecule has 0 saturated carbocycles. The third-order valence-electron chi connectivity index (χ3n) is 2.75. The number of anilines is 1. The molecule has 1 unspecified atom stereocenters. The van der Waals surface area contributed by atoms with Crippen LogP contribution in [0.4, 0.5) is 5.69 Å². The van der Waals surface area contributed by atoms with E-state index in [1.807, 2.05) is 30.3 Å². The van der Waals surface area contributed by atoms with Crippen LogP contribution in [0.15, 0.2) is 41.3 Å². The lowest BCUT2D eigenvalue weighted by Gasteiger charge is -2.11. The van der Waals surface area contributed by atoms with Crippen molar-refractivity contribution in [3.05, 3.63) is 57.5 Å². The van der Waals surface area contributed by atoms with Gasteiger partial charge in [0.05, 0.1) is 24.5 Å². The van der Waals surface area contributed by atoms with Crippen LogP contribution in [0, 0.1) is 0 Å². The summed E-state index contributed by atoms with van der Waals surface area (Å²) in [6.45, 7) is 2.32. The topological polar surface area (TPSA) is 67.2 Å². The van der Waals surface area contributed by atoms with Gasteiger partial charge in [-0.05, 0) is 12.5 Å². The quantitative estimate of drug-likeness (QED) is 0.881. The number of hydrogen-bond donors (Lipinski definition) is 2. The number of aliphatic hydroxyl groups excluding tert-OH is 1. The number of halogens is 1. The van der Waals surface area contributed by atoms with E-state index in [4.69, 9.17) is 11.6 Å². The van der Waals surface area contributed by atoms with Gasteiger partial charge in [0.1, 0.15) is 5.02 Å². The Hall–Kier alpha value is -1.85. The van der Waals surface area contributed by atoms with Gasteiger partial charge in [0.2, 0.25) is 0 Å². The zero-order chi connectivity index (χ0) is 14.5. The second kappa shape index (κ2) is 6.54. The van der Waals surface area contributed by atoms with Crippen LogP contribution in [0.2, 0.25) is 5.02 Å². The minimum Gasteiger partial charge on any atom is -0.392 e. The van der Waals surface area contributed by atoms with Crippen LogP contribution in [-0.2, 0) is 6.54 Å². The predicted octanol–water partition coefficient (Wildman–Crippen LogP) is 1.74. The van der Waals surface area contributed by atoms with E-state index in [1.54, 1.807) is 6.92 Å². The number of rotatable bonds is 5. The van der Waals surface area contributed by atoms with E-state index in [0.717, 1.165) is 5.56 Å². The van der Waals surface area contributed by atoms with Crippen molar-refractivity contribution in [1.82, 2.24) is 9.78 Å². The molecule has 1 aromatic carbocycles. The first-order valence-electron chi connectivity index (χ1n) is 6.29. The molecule has 0 radical (unpaired) electrons. The summed E-state index contributed by atoms with van der Waals surface area (Å²) in [5.41, 5.74) is 1.05. The van der Waals surface area contributed by atoms with Gasteiger partial charge in [0.15, 0.2) is 0 Å². The third-order valence-corrected chi connectivity index (χ3v) is 3.11. The molecule has 2 rings (SSSR count). The van der Waals surface area contributed by atoms with E-state index in [1.165, 1.54) is 10.9 Å². The fraction of sp³-hybridized carbons (Fsp3) is 0.286. The molecule has 0 amide bonds. The van der Waals surface area contributed by atoms with Gasteiger partial charge in [-0.1, -0.05) is 41.9 Å². The van der Waals surface area contributed by atoms with Gasteiger partial charge in [-0.25, -0.2) is 4.68 Å². The van der Waals surface area contributed by atoms with Gasteiger partial charge in [-0.2, -0.15) is 5.10 Å². The van der Waals surface area contributed by atoms with E-state index < -0.39 is 6.10 Å². The monoisotopic (exact) mass is 293 g/mol. The van der Waals surface area contributed by atoms with Gasteiger partial charge in [-0.15, -0.1) is 0 Å². The summed E-state index contributed by atoms with van der Waals surface area (Å²) in [6.07, 6.45) is 0.965. The maximum Gasteiger partial charge on any atom is 0.287 e. The second-order valence-electron chi connectivity index (χ2n) is 4.55. The molecule has 0 aliphatic carbocycles. The normalized spacial score (nSPS) is 12.2. The molecule has 0 fully saturated rings. The van der Waals surface area contributed by atoms with Crippen molar-refractivity contribution in [2.24, 2.45) is 0 Å². The van der Waals surface area contributed by atoms with Gasteiger partial charge in [-0.3, -0.25) is 4.79 Å². The number of aromatic nitrogens is 2. The van der Waals surface area contributed by atoms with Crippen molar-refractivity contribution >= 4 is 17.3 Å². The minimum absolute atomic E-state index is 0.0802. The SMILES string of the molecule is CC(O)CNc1cnn(Cc2ccccc2)c(=O)c1Cl. The standard InChI is InChI=1S/C14H16ClN3O2/c1-10(19)7-16-12-8-17-18(14(20)13(12)15)9-11-5-3-2-4-6-11/h2-6,8,10,16,19H,7,9H2,1H3. The lowest BCUT2D eigenvalue weighted by Crippen LogP contribution is -2.26. The lowest BCUT2D eigenvalue weighted by molar-refractivity contribution is 0.208. The fourth-order valence-electron chi connectivity index (χ4n) is 1.71. The van der Waals surface area contributed by atoms with Crippen LogP contribution in [-0.4, -0.2) is 27.5 Å². The van der Waals surface area contributed by atoms with Crippen molar-refractivity contribution in [2.45, 2.75) is 19.6 Å². The number of aliphatic hydroxyl groups is 1. The van der Waals surface area contributed by atoms with E-state index in [0.29, 0.717) is 18.8 Å². The molecule has 1 aromatic heterocycles. The molecular weight excluding hydrogens is 278 g/mol. The van der Waals surface area contributed by atoms with Crippen LogP contribution < -0.4 is 10.9 Å². The first-order chi connectivity index (χ1) is 9.58. The number of benzene rings is 1. The fourth-order valence-corrected chi connectivity index (χ4v) is 1.93. The highest BCUT2D eigenvalue weighted by Gasteiger charge is 2.09. The maximum absolute atomic E-state index is 12.1. The summed E-state index contributed by atoms with van der Waals surface area (Å²) >= 11 is 6.03. The van der Waals surface area contributed by atoms with Crippen molar-refractivity contribution in [3.63, 3.8) is 0 Å². The Kier molecular flexibility index (Phi) is 4.76. The zero-order valence-electron chi connectivity index (χ0n) is 11.1. The van der Waals surface area contributed by atoms with Crippen molar-refractivity contribution in [1.29, 1.82) is 0 Å². The highest BCUT2D eigenvalue weighted by Crippen LogP contribution is 2.15. The Labute approximate surface area is 121 Å². The van der Waals surface area contributed by atoms with E-state index in [9.17, 15) is 9.90 Å². The molecule has 6 heteroatoms. The average molecular weight is 294 g/mol. The molecule has 0 aliphatic heterocycles.